The normalized spacial score (nSPS) is 15.2. The Kier molecular flexibility index (Phi) is 7.42. The van der Waals surface area contributed by atoms with E-state index >= 15 is 0 Å². The first-order valence-electron chi connectivity index (χ1n) is 9.84. The summed E-state index contributed by atoms with van der Waals surface area (Å²) < 4.78 is 31.4. The van der Waals surface area contributed by atoms with Gasteiger partial charge in [0.05, 0.1) is 13.7 Å². The maximum atomic E-state index is 12.5. The van der Waals surface area contributed by atoms with Gasteiger partial charge in [-0.3, -0.25) is 9.69 Å². The average molecular weight is 467 g/mol. The van der Waals surface area contributed by atoms with Crippen molar-refractivity contribution in [3.63, 3.8) is 0 Å². The molecule has 8 nitrogen and oxygen atoms in total. The van der Waals surface area contributed by atoms with E-state index < -0.39 is 10.0 Å². The van der Waals surface area contributed by atoms with Crippen LogP contribution in [0.2, 0.25) is 5.02 Å². The summed E-state index contributed by atoms with van der Waals surface area (Å²) in [4.78, 5) is 16.9. The van der Waals surface area contributed by atoms with Gasteiger partial charge < -0.3 is 15.0 Å². The number of hydrogen-bond acceptors (Lipinski definition) is 6. The van der Waals surface area contributed by atoms with Crippen LogP contribution in [0, 0.1) is 0 Å². The molecule has 1 aliphatic rings. The van der Waals surface area contributed by atoms with Crippen LogP contribution in [-0.2, 0) is 14.8 Å². The zero-order valence-electron chi connectivity index (χ0n) is 17.8. The van der Waals surface area contributed by atoms with Crippen LogP contribution in [0.3, 0.4) is 0 Å². The quantitative estimate of drug-likeness (QED) is 0.674. The van der Waals surface area contributed by atoms with Crippen molar-refractivity contribution >= 4 is 38.9 Å². The average Bonchev–Trinajstić information content (AvgIpc) is 2.74. The number of carbonyl (C=O) groups is 1. The van der Waals surface area contributed by atoms with E-state index in [4.69, 9.17) is 16.3 Å². The lowest BCUT2D eigenvalue weighted by Gasteiger charge is -2.35. The highest BCUT2D eigenvalue weighted by atomic mass is 35.5. The Bertz CT molecular complexity index is 1020. The fourth-order valence-electron chi connectivity index (χ4n) is 3.37. The SMILES string of the molecule is COc1ccc(NC(=O)CN2CCN(c3ccc(Cl)cc3)CC2)cc1S(=O)(=O)N(C)C. The van der Waals surface area contributed by atoms with Crippen molar-refractivity contribution in [2.75, 3.05) is 64.1 Å². The predicted molar refractivity (Wildman–Crippen MR) is 123 cm³/mol. The summed E-state index contributed by atoms with van der Waals surface area (Å²) in [5.41, 5.74) is 1.52. The van der Waals surface area contributed by atoms with Crippen molar-refractivity contribution in [1.82, 2.24) is 9.21 Å². The molecule has 0 atom stereocenters. The maximum absolute atomic E-state index is 12.5. The van der Waals surface area contributed by atoms with Crippen LogP contribution in [0.1, 0.15) is 0 Å². The summed E-state index contributed by atoms with van der Waals surface area (Å²) in [6.07, 6.45) is 0. The molecule has 2 aromatic carbocycles. The molecule has 3 rings (SSSR count). The van der Waals surface area contributed by atoms with E-state index in [1.807, 2.05) is 24.3 Å². The molecule has 168 valence electrons. The molecule has 0 aromatic heterocycles. The highest BCUT2D eigenvalue weighted by Gasteiger charge is 2.24. The van der Waals surface area contributed by atoms with Gasteiger partial charge in [0.15, 0.2) is 0 Å². The van der Waals surface area contributed by atoms with Crippen molar-refractivity contribution in [2.45, 2.75) is 4.90 Å². The highest BCUT2D eigenvalue weighted by molar-refractivity contribution is 7.89. The van der Waals surface area contributed by atoms with E-state index in [1.54, 1.807) is 6.07 Å². The van der Waals surface area contributed by atoms with Crippen LogP contribution in [0.15, 0.2) is 47.4 Å². The van der Waals surface area contributed by atoms with Crippen molar-refractivity contribution in [3.05, 3.63) is 47.5 Å². The van der Waals surface area contributed by atoms with Crippen LogP contribution in [-0.4, -0.2) is 77.5 Å². The van der Waals surface area contributed by atoms with E-state index in [0.29, 0.717) is 10.7 Å². The van der Waals surface area contributed by atoms with Gasteiger partial charge in [0.25, 0.3) is 0 Å². The highest BCUT2D eigenvalue weighted by Crippen LogP contribution is 2.29. The Labute approximate surface area is 188 Å². The number of carbonyl (C=O) groups excluding carboxylic acids is 1. The summed E-state index contributed by atoms with van der Waals surface area (Å²) in [5, 5.41) is 3.50. The number of methoxy groups -OCH3 is 1. The number of halogens is 1. The molecule has 0 radical (unpaired) electrons. The number of anilines is 2. The molecule has 1 N–H and O–H groups in total. The Balaban J connectivity index is 1.59. The van der Waals surface area contributed by atoms with Crippen molar-refractivity contribution < 1.29 is 17.9 Å². The summed E-state index contributed by atoms with van der Waals surface area (Å²) in [7, 11) is 0.597. The van der Waals surface area contributed by atoms with Gasteiger partial charge in [-0.15, -0.1) is 0 Å². The fraction of sp³-hybridized carbons (Fsp3) is 0.381. The Morgan fingerprint density at radius 1 is 1.10 bits per heavy atom. The fourth-order valence-corrected chi connectivity index (χ4v) is 4.57. The molecule has 1 aliphatic heterocycles. The van der Waals surface area contributed by atoms with Gasteiger partial charge in [-0.1, -0.05) is 11.6 Å². The third-order valence-electron chi connectivity index (χ3n) is 5.14. The smallest absolute Gasteiger partial charge is 0.246 e. The molecular formula is C21H27ClN4O4S. The number of nitrogens with one attached hydrogen (secondary N) is 1. The first-order chi connectivity index (χ1) is 14.7. The standard InChI is InChI=1S/C21H27ClN4O4S/c1-24(2)31(28,29)20-14-17(6-9-19(20)30-3)23-21(27)15-25-10-12-26(13-11-25)18-7-4-16(22)5-8-18/h4-9,14H,10-13,15H2,1-3H3,(H,23,27). The lowest BCUT2D eigenvalue weighted by Crippen LogP contribution is -2.48. The zero-order chi connectivity index (χ0) is 22.6. The molecule has 0 aliphatic carbocycles. The molecule has 1 amide bonds. The predicted octanol–water partition coefficient (Wildman–Crippen LogP) is 2.36. The number of hydrogen-bond donors (Lipinski definition) is 1. The third-order valence-corrected chi connectivity index (χ3v) is 7.23. The van der Waals surface area contributed by atoms with Crippen LogP contribution in [0.4, 0.5) is 11.4 Å². The van der Waals surface area contributed by atoms with E-state index in [-0.39, 0.29) is 23.1 Å². The van der Waals surface area contributed by atoms with Crippen LogP contribution in [0.25, 0.3) is 0 Å². The Morgan fingerprint density at radius 2 is 1.74 bits per heavy atom. The van der Waals surface area contributed by atoms with Gasteiger partial charge in [-0.2, -0.15) is 0 Å². The van der Waals surface area contributed by atoms with E-state index in [0.717, 1.165) is 36.2 Å². The monoisotopic (exact) mass is 466 g/mol. The molecule has 2 aromatic rings. The molecule has 10 heteroatoms. The van der Waals surface area contributed by atoms with Crippen LogP contribution >= 0.6 is 11.6 Å². The van der Waals surface area contributed by atoms with Gasteiger partial charge in [-0.25, -0.2) is 12.7 Å². The molecule has 0 saturated carbocycles. The topological polar surface area (TPSA) is 82.2 Å². The van der Waals surface area contributed by atoms with Gasteiger partial charge in [0, 0.05) is 56.7 Å². The minimum absolute atomic E-state index is 0.00868. The first-order valence-corrected chi connectivity index (χ1v) is 11.7. The molecule has 0 bridgehead atoms. The van der Waals surface area contributed by atoms with E-state index in [2.05, 4.69) is 15.1 Å². The minimum Gasteiger partial charge on any atom is -0.495 e. The van der Waals surface area contributed by atoms with Gasteiger partial charge in [-0.05, 0) is 42.5 Å². The molecule has 0 spiro atoms. The molecule has 1 heterocycles. The second kappa shape index (κ2) is 9.86. The summed E-state index contributed by atoms with van der Waals surface area (Å²) in [5.74, 6) is 0.0309. The number of rotatable bonds is 7. The summed E-state index contributed by atoms with van der Waals surface area (Å²) >= 11 is 5.95. The zero-order valence-corrected chi connectivity index (χ0v) is 19.4. The van der Waals surface area contributed by atoms with Crippen molar-refractivity contribution in [1.29, 1.82) is 0 Å². The summed E-state index contributed by atoms with van der Waals surface area (Å²) in [6, 6.07) is 12.3. The molecule has 1 saturated heterocycles. The van der Waals surface area contributed by atoms with Gasteiger partial charge in [0.1, 0.15) is 10.6 Å². The number of amides is 1. The Morgan fingerprint density at radius 3 is 2.32 bits per heavy atom. The molecular weight excluding hydrogens is 440 g/mol. The van der Waals surface area contributed by atoms with Crippen LogP contribution < -0.4 is 15.0 Å². The van der Waals surface area contributed by atoms with Gasteiger partial charge in [0.2, 0.25) is 15.9 Å². The second-order valence-corrected chi connectivity index (χ2v) is 10.00. The largest absolute Gasteiger partial charge is 0.495 e. The van der Waals surface area contributed by atoms with Crippen LogP contribution in [0.5, 0.6) is 5.75 Å². The number of benzene rings is 2. The van der Waals surface area contributed by atoms with E-state index in [9.17, 15) is 13.2 Å². The van der Waals surface area contributed by atoms with Crippen molar-refractivity contribution in [3.8, 4) is 5.75 Å². The maximum Gasteiger partial charge on any atom is 0.246 e. The van der Waals surface area contributed by atoms with Crippen molar-refractivity contribution in [2.24, 2.45) is 0 Å². The first kappa shape index (κ1) is 23.3. The van der Waals surface area contributed by atoms with Gasteiger partial charge >= 0.3 is 0 Å². The summed E-state index contributed by atoms with van der Waals surface area (Å²) in [6.45, 7) is 3.35. The third kappa shape index (κ3) is 5.68. The molecule has 31 heavy (non-hydrogen) atoms. The number of piperazine rings is 1. The number of sulfonamides is 1. The number of ether oxygens (including phenoxy) is 1. The minimum atomic E-state index is -3.71. The molecule has 1 fully saturated rings. The lowest BCUT2D eigenvalue weighted by molar-refractivity contribution is -0.117. The Hall–Kier alpha value is -2.33. The van der Waals surface area contributed by atoms with E-state index in [1.165, 1.54) is 33.3 Å². The second-order valence-electron chi connectivity index (χ2n) is 7.44. The number of nitrogens with zero attached hydrogens (tertiary/aromatic N) is 3. The lowest BCUT2D eigenvalue weighted by atomic mass is 10.2. The molecule has 0 unspecified atom stereocenters.